The number of hydrogen-bond donors (Lipinski definition) is 0. The summed E-state index contributed by atoms with van der Waals surface area (Å²) in [7, 11) is 0. The van der Waals surface area contributed by atoms with Crippen LogP contribution in [0.2, 0.25) is 0 Å². The van der Waals surface area contributed by atoms with Gasteiger partial charge in [0, 0.05) is 12.7 Å². The van der Waals surface area contributed by atoms with E-state index in [4.69, 9.17) is 4.74 Å². The predicted octanol–water partition coefficient (Wildman–Crippen LogP) is 0.711. The predicted molar refractivity (Wildman–Crippen MR) is 47.3 cm³/mol. The maximum atomic E-state index is 10.9. The molecule has 4 heteroatoms. The first kappa shape index (κ1) is 11.8. The summed E-state index contributed by atoms with van der Waals surface area (Å²) in [6, 6.07) is 0. The second-order valence-electron chi connectivity index (χ2n) is 2.40. The number of ether oxygens (including phenoxy) is 2. The molecule has 0 aliphatic heterocycles. The van der Waals surface area contributed by atoms with Crippen LogP contribution >= 0.6 is 0 Å². The van der Waals surface area contributed by atoms with Gasteiger partial charge in [0.2, 0.25) is 0 Å². The first-order chi connectivity index (χ1) is 6.20. The number of carbonyl (C=O) groups excluding carboxylic acids is 2. The molecule has 0 bridgehead atoms. The van der Waals surface area contributed by atoms with Gasteiger partial charge in [-0.25, -0.2) is 4.79 Å². The standard InChI is InChI=1S/C9H14O4/c1-3-5-12-6-8(10)7-13-9(11)4-2/h4H,2-3,5-7H2,1H3. The summed E-state index contributed by atoms with van der Waals surface area (Å²) < 4.78 is 9.44. The second-order valence-corrected chi connectivity index (χ2v) is 2.40. The van der Waals surface area contributed by atoms with Gasteiger partial charge in [-0.2, -0.15) is 0 Å². The van der Waals surface area contributed by atoms with E-state index in [-0.39, 0.29) is 19.0 Å². The first-order valence-corrected chi connectivity index (χ1v) is 4.09. The van der Waals surface area contributed by atoms with Crippen molar-refractivity contribution in [2.75, 3.05) is 19.8 Å². The molecule has 0 N–H and O–H groups in total. The van der Waals surface area contributed by atoms with Gasteiger partial charge in [-0.1, -0.05) is 13.5 Å². The Bertz CT molecular complexity index is 186. The topological polar surface area (TPSA) is 52.6 Å². The fourth-order valence-electron chi connectivity index (χ4n) is 0.583. The van der Waals surface area contributed by atoms with E-state index < -0.39 is 5.97 Å². The lowest BCUT2D eigenvalue weighted by Gasteiger charge is -2.01. The zero-order chi connectivity index (χ0) is 10.1. The van der Waals surface area contributed by atoms with Crippen molar-refractivity contribution in [2.45, 2.75) is 13.3 Å². The molecule has 0 aliphatic carbocycles. The maximum absolute atomic E-state index is 10.9. The van der Waals surface area contributed by atoms with Crippen molar-refractivity contribution in [3.05, 3.63) is 12.7 Å². The van der Waals surface area contributed by atoms with Crippen LogP contribution in [0, 0.1) is 0 Å². The lowest BCUT2D eigenvalue weighted by Crippen LogP contribution is -2.17. The van der Waals surface area contributed by atoms with Crippen molar-refractivity contribution in [2.24, 2.45) is 0 Å². The molecule has 74 valence electrons. The third-order valence-electron chi connectivity index (χ3n) is 1.15. The molecular weight excluding hydrogens is 172 g/mol. The van der Waals surface area contributed by atoms with Crippen molar-refractivity contribution in [1.82, 2.24) is 0 Å². The van der Waals surface area contributed by atoms with Gasteiger partial charge in [0.05, 0.1) is 0 Å². The molecule has 0 spiro atoms. The summed E-state index contributed by atoms with van der Waals surface area (Å²) in [6.07, 6.45) is 1.87. The third-order valence-corrected chi connectivity index (χ3v) is 1.15. The van der Waals surface area contributed by atoms with Gasteiger partial charge in [-0.3, -0.25) is 4.79 Å². The van der Waals surface area contributed by atoms with E-state index >= 15 is 0 Å². The summed E-state index contributed by atoms with van der Waals surface area (Å²) in [5, 5.41) is 0. The minimum atomic E-state index is -0.594. The van der Waals surface area contributed by atoms with Crippen molar-refractivity contribution in [1.29, 1.82) is 0 Å². The molecule has 0 aromatic rings. The highest BCUT2D eigenvalue weighted by Gasteiger charge is 2.04. The molecule has 0 rings (SSSR count). The van der Waals surface area contributed by atoms with E-state index in [1.165, 1.54) is 0 Å². The minimum absolute atomic E-state index is 0.00172. The highest BCUT2D eigenvalue weighted by molar-refractivity contribution is 5.86. The van der Waals surface area contributed by atoms with Crippen molar-refractivity contribution < 1.29 is 19.1 Å². The highest BCUT2D eigenvalue weighted by Crippen LogP contribution is 1.85. The van der Waals surface area contributed by atoms with Crippen LogP contribution in [0.3, 0.4) is 0 Å². The van der Waals surface area contributed by atoms with E-state index in [1.807, 2.05) is 6.92 Å². The fourth-order valence-corrected chi connectivity index (χ4v) is 0.583. The monoisotopic (exact) mass is 186 g/mol. The summed E-state index contributed by atoms with van der Waals surface area (Å²) >= 11 is 0. The summed E-state index contributed by atoms with van der Waals surface area (Å²) in [4.78, 5) is 21.4. The van der Waals surface area contributed by atoms with Gasteiger partial charge in [-0.05, 0) is 6.42 Å². The molecule has 0 saturated heterocycles. The van der Waals surface area contributed by atoms with E-state index in [0.29, 0.717) is 6.61 Å². The molecule has 0 aliphatic rings. The zero-order valence-electron chi connectivity index (χ0n) is 7.75. The fraction of sp³-hybridized carbons (Fsp3) is 0.556. The quantitative estimate of drug-likeness (QED) is 0.334. The van der Waals surface area contributed by atoms with E-state index in [2.05, 4.69) is 11.3 Å². The Morgan fingerprint density at radius 2 is 2.08 bits per heavy atom. The van der Waals surface area contributed by atoms with Gasteiger partial charge >= 0.3 is 5.97 Å². The van der Waals surface area contributed by atoms with Crippen molar-refractivity contribution in [3.63, 3.8) is 0 Å². The average Bonchev–Trinajstić information content (AvgIpc) is 2.14. The number of esters is 1. The number of carbonyl (C=O) groups is 2. The largest absolute Gasteiger partial charge is 0.454 e. The van der Waals surface area contributed by atoms with Crippen LogP contribution in [-0.2, 0) is 19.1 Å². The lowest BCUT2D eigenvalue weighted by molar-refractivity contribution is -0.144. The molecule has 4 nitrogen and oxygen atoms in total. The molecule has 0 aromatic heterocycles. The normalized spacial score (nSPS) is 9.31. The molecule has 0 unspecified atom stereocenters. The second kappa shape index (κ2) is 7.49. The van der Waals surface area contributed by atoms with Crippen LogP contribution in [0.15, 0.2) is 12.7 Å². The van der Waals surface area contributed by atoms with Crippen LogP contribution < -0.4 is 0 Å². The van der Waals surface area contributed by atoms with E-state index in [9.17, 15) is 9.59 Å². The Morgan fingerprint density at radius 3 is 2.62 bits per heavy atom. The number of rotatable bonds is 7. The molecule has 0 radical (unpaired) electrons. The summed E-state index contributed by atoms with van der Waals surface area (Å²) in [6.45, 7) is 5.44. The van der Waals surface area contributed by atoms with E-state index in [1.54, 1.807) is 0 Å². The van der Waals surface area contributed by atoms with Gasteiger partial charge in [0.1, 0.15) is 6.61 Å². The SMILES string of the molecule is C=CC(=O)OCC(=O)COCCC. The first-order valence-electron chi connectivity index (χ1n) is 4.09. The number of ketones is 1. The number of hydrogen-bond acceptors (Lipinski definition) is 4. The summed E-state index contributed by atoms with van der Waals surface area (Å²) in [5.74, 6) is -0.840. The Labute approximate surface area is 77.5 Å². The van der Waals surface area contributed by atoms with Crippen LogP contribution in [0.5, 0.6) is 0 Å². The van der Waals surface area contributed by atoms with Crippen molar-refractivity contribution >= 4 is 11.8 Å². The minimum Gasteiger partial charge on any atom is -0.454 e. The lowest BCUT2D eigenvalue weighted by atomic mass is 10.4. The Hall–Kier alpha value is -1.16. The number of Topliss-reactive ketones (excluding diaryl/α,β-unsaturated/α-hetero) is 1. The van der Waals surface area contributed by atoms with Crippen LogP contribution in [0.1, 0.15) is 13.3 Å². The van der Waals surface area contributed by atoms with E-state index in [0.717, 1.165) is 12.5 Å². The van der Waals surface area contributed by atoms with Crippen LogP contribution in [0.25, 0.3) is 0 Å². The van der Waals surface area contributed by atoms with Crippen LogP contribution in [0.4, 0.5) is 0 Å². The molecule has 0 fully saturated rings. The van der Waals surface area contributed by atoms with Gasteiger partial charge in [-0.15, -0.1) is 0 Å². The molecule has 0 atom stereocenters. The molecule has 0 aromatic carbocycles. The molecular formula is C9H14O4. The zero-order valence-corrected chi connectivity index (χ0v) is 7.75. The van der Waals surface area contributed by atoms with Gasteiger partial charge < -0.3 is 9.47 Å². The third kappa shape index (κ3) is 7.21. The molecule has 13 heavy (non-hydrogen) atoms. The van der Waals surface area contributed by atoms with Gasteiger partial charge in [0.15, 0.2) is 12.4 Å². The Kier molecular flexibility index (Phi) is 6.82. The molecule has 0 heterocycles. The van der Waals surface area contributed by atoms with Crippen LogP contribution in [-0.4, -0.2) is 31.6 Å². The van der Waals surface area contributed by atoms with Crippen molar-refractivity contribution in [3.8, 4) is 0 Å². The molecule has 0 amide bonds. The van der Waals surface area contributed by atoms with Gasteiger partial charge in [0.25, 0.3) is 0 Å². The molecule has 0 saturated carbocycles. The average molecular weight is 186 g/mol. The Morgan fingerprint density at radius 1 is 1.38 bits per heavy atom. The smallest absolute Gasteiger partial charge is 0.330 e. The Balaban J connectivity index is 3.40. The maximum Gasteiger partial charge on any atom is 0.330 e. The highest BCUT2D eigenvalue weighted by atomic mass is 16.5. The summed E-state index contributed by atoms with van der Waals surface area (Å²) in [5.41, 5.74) is 0.